The highest BCUT2D eigenvalue weighted by Gasteiger charge is 2.12. The Balaban J connectivity index is 3.43. The van der Waals surface area contributed by atoms with E-state index in [1.807, 2.05) is 0 Å². The molecule has 5 heteroatoms. The fourth-order valence-corrected chi connectivity index (χ4v) is 4.08. The first-order valence-electron chi connectivity index (χ1n) is 14.6. The largest absolute Gasteiger partial charge is 0.463 e. The molecule has 0 aliphatic carbocycles. The number of unbranched alkanes of at least 4 members (excludes halogenated alkanes) is 18. The smallest absolute Gasteiger partial charge is 0.305 e. The van der Waals surface area contributed by atoms with Gasteiger partial charge in [-0.25, -0.2) is 0 Å². The average Bonchev–Trinajstić information content (AvgIpc) is 2.83. The monoisotopic (exact) mass is 484 g/mol. The van der Waals surface area contributed by atoms with Crippen molar-refractivity contribution in [3.05, 3.63) is 0 Å². The minimum absolute atomic E-state index is 0.109. The number of rotatable bonds is 26. The summed E-state index contributed by atoms with van der Waals surface area (Å²) in [6.07, 6.45) is 24.3. The van der Waals surface area contributed by atoms with Crippen molar-refractivity contribution in [3.63, 3.8) is 0 Å². The molecule has 0 amide bonds. The van der Waals surface area contributed by atoms with Crippen molar-refractivity contribution in [2.45, 2.75) is 161 Å². The van der Waals surface area contributed by atoms with Crippen LogP contribution in [0.5, 0.6) is 0 Å². The van der Waals surface area contributed by atoms with E-state index in [0.29, 0.717) is 12.8 Å². The zero-order chi connectivity index (χ0) is 25.1. The lowest BCUT2D eigenvalue weighted by molar-refractivity contribution is -0.152. The number of ether oxygens (including phenoxy) is 2. The van der Waals surface area contributed by atoms with Gasteiger partial charge in [0.1, 0.15) is 19.3 Å². The average molecular weight is 485 g/mol. The van der Waals surface area contributed by atoms with Gasteiger partial charge < -0.3 is 14.6 Å². The van der Waals surface area contributed by atoms with Crippen molar-refractivity contribution in [1.29, 1.82) is 0 Å². The van der Waals surface area contributed by atoms with Crippen LogP contribution in [0, 0.1) is 0 Å². The summed E-state index contributed by atoms with van der Waals surface area (Å²) in [5.41, 5.74) is 0. The van der Waals surface area contributed by atoms with Crippen molar-refractivity contribution >= 4 is 11.9 Å². The van der Waals surface area contributed by atoms with Gasteiger partial charge in [-0.3, -0.25) is 9.59 Å². The van der Waals surface area contributed by atoms with Gasteiger partial charge in [0.2, 0.25) is 0 Å². The maximum absolute atomic E-state index is 11.8. The fourth-order valence-electron chi connectivity index (χ4n) is 4.08. The standard InChI is InChI=1S/C29H56O5/c1-3-5-7-9-11-13-14-16-18-20-22-24-29(32)34-26-27(30)25-33-28(31)23-21-19-17-15-12-10-8-6-4-2/h27,30H,3-26H2,1-2H3/t27-/m0/s1. The van der Waals surface area contributed by atoms with Crippen molar-refractivity contribution in [1.82, 2.24) is 0 Å². The molecule has 0 heterocycles. The minimum atomic E-state index is -0.951. The van der Waals surface area contributed by atoms with Crippen LogP contribution >= 0.6 is 0 Å². The molecule has 0 spiro atoms. The Bertz CT molecular complexity index is 452. The van der Waals surface area contributed by atoms with E-state index in [9.17, 15) is 14.7 Å². The van der Waals surface area contributed by atoms with Crippen LogP contribution < -0.4 is 0 Å². The van der Waals surface area contributed by atoms with Crippen LogP contribution in [0.25, 0.3) is 0 Å². The molecule has 0 aromatic heterocycles. The minimum Gasteiger partial charge on any atom is -0.463 e. The number of aliphatic hydroxyl groups excluding tert-OH is 1. The number of carbonyl (C=O) groups excluding carboxylic acids is 2. The Morgan fingerprint density at radius 2 is 0.765 bits per heavy atom. The number of aliphatic hydroxyl groups is 1. The third-order valence-corrected chi connectivity index (χ3v) is 6.34. The third kappa shape index (κ3) is 25.5. The predicted octanol–water partition coefficient (Wildman–Crippen LogP) is 8.06. The molecular weight excluding hydrogens is 428 g/mol. The van der Waals surface area contributed by atoms with Crippen molar-refractivity contribution in [3.8, 4) is 0 Å². The summed E-state index contributed by atoms with van der Waals surface area (Å²) in [5.74, 6) is -0.565. The van der Waals surface area contributed by atoms with Crippen molar-refractivity contribution < 1.29 is 24.2 Å². The van der Waals surface area contributed by atoms with E-state index in [1.54, 1.807) is 0 Å². The maximum Gasteiger partial charge on any atom is 0.305 e. The predicted molar refractivity (Wildman–Crippen MR) is 141 cm³/mol. The van der Waals surface area contributed by atoms with Crippen LogP contribution in [-0.2, 0) is 19.1 Å². The molecule has 5 nitrogen and oxygen atoms in total. The van der Waals surface area contributed by atoms with E-state index < -0.39 is 6.10 Å². The van der Waals surface area contributed by atoms with Gasteiger partial charge >= 0.3 is 11.9 Å². The summed E-state index contributed by atoms with van der Waals surface area (Å²) in [7, 11) is 0. The maximum atomic E-state index is 11.8. The lowest BCUT2D eigenvalue weighted by atomic mass is 10.1. The van der Waals surface area contributed by atoms with Gasteiger partial charge in [0.05, 0.1) is 0 Å². The second kappa shape index (κ2) is 26.5. The highest BCUT2D eigenvalue weighted by Crippen LogP contribution is 2.13. The molecular formula is C29H56O5. The first kappa shape index (κ1) is 32.9. The lowest BCUT2D eigenvalue weighted by Crippen LogP contribution is -2.25. The Morgan fingerprint density at radius 1 is 0.500 bits per heavy atom. The number of esters is 2. The van der Waals surface area contributed by atoms with E-state index in [1.165, 1.54) is 96.3 Å². The van der Waals surface area contributed by atoms with E-state index in [2.05, 4.69) is 13.8 Å². The number of carbonyl (C=O) groups is 2. The molecule has 0 saturated carbocycles. The quantitative estimate of drug-likeness (QED) is 0.0992. The summed E-state index contributed by atoms with van der Waals surface area (Å²) in [6, 6.07) is 0. The topological polar surface area (TPSA) is 72.8 Å². The zero-order valence-electron chi connectivity index (χ0n) is 22.6. The second-order valence-electron chi connectivity index (χ2n) is 9.88. The SMILES string of the molecule is CCCCCCCCCCCCCC(=O)OC[C@@H](O)COC(=O)CCCCCCCCCCC. The van der Waals surface area contributed by atoms with Crippen LogP contribution in [0.3, 0.4) is 0 Å². The van der Waals surface area contributed by atoms with Gasteiger partial charge in [-0.15, -0.1) is 0 Å². The van der Waals surface area contributed by atoms with Crippen molar-refractivity contribution in [2.24, 2.45) is 0 Å². The Kier molecular flexibility index (Phi) is 25.6. The van der Waals surface area contributed by atoms with E-state index in [4.69, 9.17) is 9.47 Å². The highest BCUT2D eigenvalue weighted by atomic mass is 16.6. The Labute approximate surface area is 210 Å². The molecule has 0 unspecified atom stereocenters. The molecule has 0 radical (unpaired) electrons. The number of hydrogen-bond donors (Lipinski definition) is 1. The summed E-state index contributed by atoms with van der Waals surface area (Å²) >= 11 is 0. The summed E-state index contributed by atoms with van der Waals surface area (Å²) in [6.45, 7) is 4.25. The molecule has 0 aromatic carbocycles. The van der Waals surface area contributed by atoms with Crippen LogP contribution in [0.2, 0.25) is 0 Å². The molecule has 0 aromatic rings. The molecule has 0 bridgehead atoms. The molecule has 0 rings (SSSR count). The molecule has 34 heavy (non-hydrogen) atoms. The lowest BCUT2D eigenvalue weighted by Gasteiger charge is -2.12. The Hall–Kier alpha value is -1.10. The zero-order valence-corrected chi connectivity index (χ0v) is 22.6. The van der Waals surface area contributed by atoms with Gasteiger partial charge in [0.15, 0.2) is 0 Å². The molecule has 0 aliphatic rings. The normalized spacial score (nSPS) is 12.0. The highest BCUT2D eigenvalue weighted by molar-refractivity contribution is 5.69. The van der Waals surface area contributed by atoms with Crippen LogP contribution in [0.4, 0.5) is 0 Å². The van der Waals surface area contributed by atoms with Gasteiger partial charge in [-0.05, 0) is 12.8 Å². The van der Waals surface area contributed by atoms with Gasteiger partial charge in [0, 0.05) is 12.8 Å². The van der Waals surface area contributed by atoms with Crippen LogP contribution in [-0.4, -0.2) is 36.4 Å². The molecule has 0 fully saturated rings. The molecule has 202 valence electrons. The Morgan fingerprint density at radius 3 is 1.06 bits per heavy atom. The first-order valence-corrected chi connectivity index (χ1v) is 14.6. The van der Waals surface area contributed by atoms with E-state index >= 15 is 0 Å². The second-order valence-corrected chi connectivity index (χ2v) is 9.88. The molecule has 0 aliphatic heterocycles. The van der Waals surface area contributed by atoms with E-state index in [0.717, 1.165) is 32.1 Å². The summed E-state index contributed by atoms with van der Waals surface area (Å²) < 4.78 is 10.2. The summed E-state index contributed by atoms with van der Waals surface area (Å²) in [5, 5.41) is 9.88. The van der Waals surface area contributed by atoms with Crippen molar-refractivity contribution in [2.75, 3.05) is 13.2 Å². The third-order valence-electron chi connectivity index (χ3n) is 6.34. The van der Waals surface area contributed by atoms with E-state index in [-0.39, 0.29) is 25.2 Å². The molecule has 0 saturated heterocycles. The van der Waals surface area contributed by atoms with Gasteiger partial charge in [-0.1, -0.05) is 129 Å². The fraction of sp³-hybridized carbons (Fsp3) is 0.931. The van der Waals surface area contributed by atoms with Crippen LogP contribution in [0.1, 0.15) is 155 Å². The molecule has 1 N–H and O–H groups in total. The van der Waals surface area contributed by atoms with Gasteiger partial charge in [-0.2, -0.15) is 0 Å². The first-order chi connectivity index (χ1) is 16.6. The summed E-state index contributed by atoms with van der Waals surface area (Å²) in [4.78, 5) is 23.6. The van der Waals surface area contributed by atoms with Gasteiger partial charge in [0.25, 0.3) is 0 Å². The number of hydrogen-bond acceptors (Lipinski definition) is 5. The van der Waals surface area contributed by atoms with Crippen LogP contribution in [0.15, 0.2) is 0 Å². The molecule has 1 atom stereocenters.